The SMILES string of the molecule is COc1cc(CNC(=O)CCCC/C=C/C(C)C)ccc1O.NC(=O)NCCC[C@H](N)C(=O)O. The van der Waals surface area contributed by atoms with Crippen molar-refractivity contribution >= 4 is 17.9 Å². The van der Waals surface area contributed by atoms with Crippen molar-refractivity contribution in [2.24, 2.45) is 17.4 Å². The van der Waals surface area contributed by atoms with Crippen LogP contribution in [-0.4, -0.2) is 47.8 Å². The molecule has 1 aromatic carbocycles. The number of methoxy groups -OCH3 is 1. The van der Waals surface area contributed by atoms with E-state index in [1.54, 1.807) is 18.2 Å². The zero-order chi connectivity index (χ0) is 25.9. The molecule has 0 aliphatic heterocycles. The van der Waals surface area contributed by atoms with Gasteiger partial charge < -0.3 is 37.1 Å². The fraction of sp³-hybridized carbons (Fsp3) is 0.542. The van der Waals surface area contributed by atoms with Gasteiger partial charge in [-0.05, 0) is 55.7 Å². The summed E-state index contributed by atoms with van der Waals surface area (Å²) in [5, 5.41) is 23.1. The molecule has 0 fully saturated rings. The van der Waals surface area contributed by atoms with E-state index in [2.05, 4.69) is 36.6 Å². The van der Waals surface area contributed by atoms with E-state index >= 15 is 0 Å². The molecule has 192 valence electrons. The number of nitrogens with two attached hydrogens (primary N) is 2. The molecule has 0 aliphatic carbocycles. The molecule has 8 N–H and O–H groups in total. The maximum absolute atomic E-state index is 11.8. The van der Waals surface area contributed by atoms with Crippen LogP contribution in [0.2, 0.25) is 0 Å². The number of carbonyl (C=O) groups excluding carboxylic acids is 2. The first-order valence-corrected chi connectivity index (χ1v) is 11.4. The second kappa shape index (κ2) is 18.2. The predicted octanol–water partition coefficient (Wildman–Crippen LogP) is 2.64. The number of amides is 3. The molecule has 0 radical (unpaired) electrons. The number of hydrogen-bond acceptors (Lipinski definition) is 6. The van der Waals surface area contributed by atoms with Crippen LogP contribution in [0.4, 0.5) is 4.79 Å². The van der Waals surface area contributed by atoms with Gasteiger partial charge in [-0.1, -0.05) is 32.1 Å². The van der Waals surface area contributed by atoms with Gasteiger partial charge in [-0.2, -0.15) is 0 Å². The molecular formula is C24H40N4O6. The van der Waals surface area contributed by atoms with Crippen LogP contribution >= 0.6 is 0 Å². The second-order valence-electron chi connectivity index (χ2n) is 8.08. The Morgan fingerprint density at radius 1 is 1.15 bits per heavy atom. The summed E-state index contributed by atoms with van der Waals surface area (Å²) in [5.74, 6) is 0.135. The molecule has 10 heteroatoms. The Labute approximate surface area is 201 Å². The van der Waals surface area contributed by atoms with Crippen LogP contribution in [0.1, 0.15) is 57.9 Å². The van der Waals surface area contributed by atoms with Crippen LogP contribution in [-0.2, 0) is 16.1 Å². The Balaban J connectivity index is 0.000000770. The maximum Gasteiger partial charge on any atom is 0.320 e. The van der Waals surface area contributed by atoms with E-state index in [1.165, 1.54) is 7.11 Å². The summed E-state index contributed by atoms with van der Waals surface area (Å²) in [6.45, 7) is 5.11. The van der Waals surface area contributed by atoms with Gasteiger partial charge in [-0.15, -0.1) is 0 Å². The highest BCUT2D eigenvalue weighted by Gasteiger charge is 2.10. The van der Waals surface area contributed by atoms with Gasteiger partial charge in [-0.3, -0.25) is 9.59 Å². The molecule has 1 rings (SSSR count). The molecule has 0 aliphatic rings. The number of nitrogens with one attached hydrogen (secondary N) is 2. The van der Waals surface area contributed by atoms with E-state index in [-0.39, 0.29) is 11.7 Å². The number of benzene rings is 1. The summed E-state index contributed by atoms with van der Waals surface area (Å²) in [6.07, 6.45) is 8.72. The zero-order valence-corrected chi connectivity index (χ0v) is 20.4. The number of carboxylic acid groups (broad SMARTS) is 1. The molecular weight excluding hydrogens is 440 g/mol. The van der Waals surface area contributed by atoms with Gasteiger partial charge in [0, 0.05) is 19.5 Å². The van der Waals surface area contributed by atoms with Crippen LogP contribution < -0.4 is 26.8 Å². The van der Waals surface area contributed by atoms with Crippen molar-refractivity contribution < 1.29 is 29.3 Å². The molecule has 0 saturated heterocycles. The Kier molecular flexibility index (Phi) is 16.4. The van der Waals surface area contributed by atoms with Crippen molar-refractivity contribution in [3.05, 3.63) is 35.9 Å². The maximum atomic E-state index is 11.8. The van der Waals surface area contributed by atoms with Crippen molar-refractivity contribution in [1.82, 2.24) is 10.6 Å². The number of unbranched alkanes of at least 4 members (excludes halogenated alkanes) is 2. The van der Waals surface area contributed by atoms with Crippen molar-refractivity contribution in [1.29, 1.82) is 0 Å². The van der Waals surface area contributed by atoms with Crippen LogP contribution in [0.3, 0.4) is 0 Å². The fourth-order valence-corrected chi connectivity index (χ4v) is 2.69. The molecule has 0 spiro atoms. The molecule has 34 heavy (non-hydrogen) atoms. The third kappa shape index (κ3) is 16.4. The first kappa shape index (κ1) is 30.7. The first-order valence-electron chi connectivity index (χ1n) is 11.4. The zero-order valence-electron chi connectivity index (χ0n) is 20.4. The number of carboxylic acids is 1. The second-order valence-corrected chi connectivity index (χ2v) is 8.08. The number of aromatic hydroxyl groups is 1. The molecule has 10 nitrogen and oxygen atoms in total. The highest BCUT2D eigenvalue weighted by atomic mass is 16.5. The number of carbonyl (C=O) groups is 3. The van der Waals surface area contributed by atoms with Crippen LogP contribution in [0.15, 0.2) is 30.4 Å². The summed E-state index contributed by atoms with van der Waals surface area (Å²) in [4.78, 5) is 32.1. The standard InChI is InChI=1S/C18H27NO3.C6H13N3O3/c1-14(2)8-6-4-5-7-9-18(21)19-13-15-10-11-16(20)17(12-15)22-3;7-4(5(10)11)2-1-3-9-6(8)12/h6,8,10-12,14,20H,4-5,7,9,13H2,1-3H3,(H,19,21);4H,1-3,7H2,(H,10,11)(H3,8,9,12)/b8-6+;/t;4-/m.0/s1. The highest BCUT2D eigenvalue weighted by Crippen LogP contribution is 2.26. The summed E-state index contributed by atoms with van der Waals surface area (Å²) in [6, 6.07) is 3.60. The van der Waals surface area contributed by atoms with Crippen molar-refractivity contribution in [3.63, 3.8) is 0 Å². The largest absolute Gasteiger partial charge is 0.504 e. The monoisotopic (exact) mass is 480 g/mol. The number of allylic oxidation sites excluding steroid dienone is 2. The molecule has 3 amide bonds. The number of phenols is 1. The minimum Gasteiger partial charge on any atom is -0.504 e. The van der Waals surface area contributed by atoms with Gasteiger partial charge in [0.1, 0.15) is 6.04 Å². The third-order valence-corrected chi connectivity index (χ3v) is 4.59. The van der Waals surface area contributed by atoms with E-state index in [1.807, 2.05) is 0 Å². The average molecular weight is 481 g/mol. The van der Waals surface area contributed by atoms with Gasteiger partial charge in [0.25, 0.3) is 0 Å². The number of aliphatic carboxylic acids is 1. The molecule has 1 aromatic rings. The molecule has 0 bridgehead atoms. The molecule has 0 saturated carbocycles. The molecule has 0 heterocycles. The number of hydrogen-bond donors (Lipinski definition) is 6. The third-order valence-electron chi connectivity index (χ3n) is 4.59. The van der Waals surface area contributed by atoms with Gasteiger partial charge in [0.15, 0.2) is 11.5 Å². The summed E-state index contributed by atoms with van der Waals surface area (Å²) in [7, 11) is 1.51. The van der Waals surface area contributed by atoms with E-state index in [0.717, 1.165) is 24.8 Å². The fourth-order valence-electron chi connectivity index (χ4n) is 2.69. The molecule has 0 aromatic heterocycles. The number of urea groups is 1. The van der Waals surface area contributed by atoms with Crippen molar-refractivity contribution in [3.8, 4) is 11.5 Å². The van der Waals surface area contributed by atoms with Gasteiger partial charge >= 0.3 is 12.0 Å². The topological polar surface area (TPSA) is 177 Å². The van der Waals surface area contributed by atoms with Gasteiger partial charge in [0.05, 0.1) is 7.11 Å². The van der Waals surface area contributed by atoms with E-state index in [9.17, 15) is 19.5 Å². The lowest BCUT2D eigenvalue weighted by Gasteiger charge is -2.08. The van der Waals surface area contributed by atoms with Gasteiger partial charge in [-0.25, -0.2) is 4.79 Å². The molecule has 0 unspecified atom stereocenters. The number of ether oxygens (including phenoxy) is 1. The van der Waals surface area contributed by atoms with Crippen LogP contribution in [0, 0.1) is 5.92 Å². The lowest BCUT2D eigenvalue weighted by Crippen LogP contribution is -2.33. The summed E-state index contributed by atoms with van der Waals surface area (Å²) in [5.41, 5.74) is 10.9. The minimum atomic E-state index is -1.03. The van der Waals surface area contributed by atoms with Crippen molar-refractivity contribution in [2.45, 2.75) is 65.0 Å². The Morgan fingerprint density at radius 3 is 2.44 bits per heavy atom. The Hall–Kier alpha value is -3.27. The van der Waals surface area contributed by atoms with Crippen LogP contribution in [0.25, 0.3) is 0 Å². The summed E-state index contributed by atoms with van der Waals surface area (Å²) >= 11 is 0. The van der Waals surface area contributed by atoms with E-state index in [0.29, 0.717) is 44.0 Å². The predicted molar refractivity (Wildman–Crippen MR) is 131 cm³/mol. The Bertz CT molecular complexity index is 783. The average Bonchev–Trinajstić information content (AvgIpc) is 2.78. The molecule has 1 atom stereocenters. The van der Waals surface area contributed by atoms with Crippen LogP contribution in [0.5, 0.6) is 11.5 Å². The first-order chi connectivity index (χ1) is 16.1. The number of rotatable bonds is 14. The quantitative estimate of drug-likeness (QED) is 0.175. The Morgan fingerprint density at radius 2 is 1.85 bits per heavy atom. The summed E-state index contributed by atoms with van der Waals surface area (Å²) < 4.78 is 5.04. The van der Waals surface area contributed by atoms with E-state index in [4.69, 9.17) is 21.3 Å². The lowest BCUT2D eigenvalue weighted by atomic mass is 10.1. The normalized spacial score (nSPS) is 11.4. The smallest absolute Gasteiger partial charge is 0.320 e. The number of primary amides is 1. The lowest BCUT2D eigenvalue weighted by molar-refractivity contribution is -0.138. The number of phenolic OH excluding ortho intramolecular Hbond substituents is 1. The van der Waals surface area contributed by atoms with E-state index < -0.39 is 18.0 Å². The highest BCUT2D eigenvalue weighted by molar-refractivity contribution is 5.75. The van der Waals surface area contributed by atoms with Gasteiger partial charge in [0.2, 0.25) is 5.91 Å². The minimum absolute atomic E-state index is 0.0554. The van der Waals surface area contributed by atoms with Crippen molar-refractivity contribution in [2.75, 3.05) is 13.7 Å².